The van der Waals surface area contributed by atoms with Crippen LogP contribution in [-0.2, 0) is 4.79 Å². The monoisotopic (exact) mass is 272 g/mol. The first-order chi connectivity index (χ1) is 8.15. The third kappa shape index (κ3) is 4.75. The fourth-order valence-corrected chi connectivity index (χ4v) is 1.69. The Morgan fingerprint density at radius 3 is 2.65 bits per heavy atom. The van der Waals surface area contributed by atoms with Gasteiger partial charge in [0.2, 0.25) is 5.91 Å². The fourth-order valence-electron chi connectivity index (χ4n) is 1.20. The highest BCUT2D eigenvalue weighted by Gasteiger charge is 2.02. The van der Waals surface area contributed by atoms with Gasteiger partial charge in [0.1, 0.15) is 0 Å². The quantitative estimate of drug-likeness (QED) is 0.646. The Hall–Kier alpha value is -1.06. The summed E-state index contributed by atoms with van der Waals surface area (Å²) in [6.45, 7) is 2.03. The summed E-state index contributed by atoms with van der Waals surface area (Å²) in [5.41, 5.74) is 3.04. The molecule has 0 heterocycles. The van der Waals surface area contributed by atoms with Crippen LogP contribution in [0.2, 0.25) is 10.0 Å². The Morgan fingerprint density at radius 2 is 2.06 bits per heavy atom. The van der Waals surface area contributed by atoms with Crippen LogP contribution in [0.4, 0.5) is 0 Å². The molecule has 0 saturated carbocycles. The highest BCUT2D eigenvalue weighted by atomic mass is 35.5. The number of carbonyl (C=O) groups is 1. The number of unbranched alkanes of at least 4 members (excludes halogenated alkanes) is 1. The SMILES string of the molecule is CCCCC(=O)N/N=C/c1c(Cl)cccc1Cl. The van der Waals surface area contributed by atoms with Gasteiger partial charge in [0.15, 0.2) is 0 Å². The van der Waals surface area contributed by atoms with E-state index in [1.165, 1.54) is 6.21 Å². The Morgan fingerprint density at radius 1 is 1.41 bits per heavy atom. The summed E-state index contributed by atoms with van der Waals surface area (Å²) in [6, 6.07) is 5.18. The summed E-state index contributed by atoms with van der Waals surface area (Å²) in [5.74, 6) is -0.105. The number of halogens is 2. The molecule has 3 nitrogen and oxygen atoms in total. The van der Waals surface area contributed by atoms with E-state index in [1.807, 2.05) is 6.92 Å². The van der Waals surface area contributed by atoms with Crippen LogP contribution in [0.3, 0.4) is 0 Å². The third-order valence-corrected chi connectivity index (χ3v) is 2.80. The van der Waals surface area contributed by atoms with Gasteiger partial charge in [-0.2, -0.15) is 5.10 Å². The Balaban J connectivity index is 2.56. The van der Waals surface area contributed by atoms with Crippen molar-refractivity contribution in [2.45, 2.75) is 26.2 Å². The van der Waals surface area contributed by atoms with Crippen molar-refractivity contribution in [3.05, 3.63) is 33.8 Å². The van der Waals surface area contributed by atoms with Crippen LogP contribution in [0.1, 0.15) is 31.7 Å². The van der Waals surface area contributed by atoms with Crippen LogP contribution in [0, 0.1) is 0 Å². The van der Waals surface area contributed by atoms with E-state index in [0.29, 0.717) is 22.0 Å². The minimum atomic E-state index is -0.105. The molecule has 1 amide bonds. The predicted octanol–water partition coefficient (Wildman–Crippen LogP) is 3.63. The lowest BCUT2D eigenvalue weighted by Gasteiger charge is -2.01. The second-order valence-corrected chi connectivity index (χ2v) is 4.35. The van der Waals surface area contributed by atoms with Gasteiger partial charge in [-0.05, 0) is 18.6 Å². The fraction of sp³-hybridized carbons (Fsp3) is 0.333. The molecule has 17 heavy (non-hydrogen) atoms. The predicted molar refractivity (Wildman–Crippen MR) is 71.7 cm³/mol. The zero-order chi connectivity index (χ0) is 12.7. The van der Waals surface area contributed by atoms with Gasteiger partial charge in [-0.1, -0.05) is 42.6 Å². The normalized spacial score (nSPS) is 10.8. The second-order valence-electron chi connectivity index (χ2n) is 3.53. The average molecular weight is 273 g/mol. The number of carbonyl (C=O) groups excluding carboxylic acids is 1. The minimum Gasteiger partial charge on any atom is -0.273 e. The zero-order valence-corrected chi connectivity index (χ0v) is 11.1. The molecular weight excluding hydrogens is 259 g/mol. The first-order valence-electron chi connectivity index (χ1n) is 5.41. The van der Waals surface area contributed by atoms with Crippen LogP contribution >= 0.6 is 23.2 Å². The molecule has 0 saturated heterocycles. The highest BCUT2D eigenvalue weighted by molar-refractivity contribution is 6.38. The molecule has 1 rings (SSSR count). The Labute approximate surface area is 111 Å². The molecule has 0 atom stereocenters. The van der Waals surface area contributed by atoms with Crippen molar-refractivity contribution in [2.24, 2.45) is 5.10 Å². The molecule has 0 bridgehead atoms. The number of hydrogen-bond acceptors (Lipinski definition) is 2. The van der Waals surface area contributed by atoms with E-state index in [4.69, 9.17) is 23.2 Å². The van der Waals surface area contributed by atoms with Crippen LogP contribution in [0.25, 0.3) is 0 Å². The van der Waals surface area contributed by atoms with Crippen LogP contribution in [0.15, 0.2) is 23.3 Å². The van der Waals surface area contributed by atoms with Gasteiger partial charge in [0, 0.05) is 12.0 Å². The van der Waals surface area contributed by atoms with Gasteiger partial charge < -0.3 is 0 Å². The van der Waals surface area contributed by atoms with Crippen molar-refractivity contribution in [3.8, 4) is 0 Å². The van der Waals surface area contributed by atoms with Gasteiger partial charge in [0.05, 0.1) is 16.3 Å². The number of hydrazone groups is 1. The van der Waals surface area contributed by atoms with E-state index in [-0.39, 0.29) is 5.91 Å². The summed E-state index contributed by atoms with van der Waals surface area (Å²) in [7, 11) is 0. The molecule has 0 aliphatic heterocycles. The number of hydrogen-bond donors (Lipinski definition) is 1. The van der Waals surface area contributed by atoms with E-state index in [0.717, 1.165) is 12.8 Å². The van der Waals surface area contributed by atoms with E-state index in [1.54, 1.807) is 18.2 Å². The summed E-state index contributed by atoms with van der Waals surface area (Å²) >= 11 is 11.9. The van der Waals surface area contributed by atoms with Gasteiger partial charge in [-0.25, -0.2) is 5.43 Å². The molecule has 0 aliphatic carbocycles. The molecule has 0 spiro atoms. The van der Waals surface area contributed by atoms with Crippen molar-refractivity contribution in [1.82, 2.24) is 5.43 Å². The first kappa shape index (κ1) is 14.0. The molecule has 5 heteroatoms. The largest absolute Gasteiger partial charge is 0.273 e. The average Bonchev–Trinajstić information content (AvgIpc) is 2.30. The summed E-state index contributed by atoms with van der Waals surface area (Å²) < 4.78 is 0. The van der Waals surface area contributed by atoms with Gasteiger partial charge in [-0.3, -0.25) is 4.79 Å². The summed E-state index contributed by atoms with van der Waals surface area (Å²) in [5, 5.41) is 4.83. The Kier molecular flexibility index (Phi) is 6.01. The van der Waals surface area contributed by atoms with Crippen LogP contribution < -0.4 is 5.43 Å². The Bertz CT molecular complexity index is 399. The molecule has 1 aromatic carbocycles. The molecule has 1 N–H and O–H groups in total. The van der Waals surface area contributed by atoms with Crippen molar-refractivity contribution >= 4 is 35.3 Å². The molecule has 0 radical (unpaired) electrons. The van der Waals surface area contributed by atoms with Crippen LogP contribution in [0.5, 0.6) is 0 Å². The van der Waals surface area contributed by atoms with E-state index in [2.05, 4.69) is 10.5 Å². The maximum Gasteiger partial charge on any atom is 0.240 e. The van der Waals surface area contributed by atoms with E-state index in [9.17, 15) is 4.79 Å². The molecular formula is C12H14Cl2N2O. The number of nitrogens with one attached hydrogen (secondary N) is 1. The molecule has 92 valence electrons. The lowest BCUT2D eigenvalue weighted by Crippen LogP contribution is -2.16. The molecule has 0 unspecified atom stereocenters. The lowest BCUT2D eigenvalue weighted by atomic mass is 10.2. The standard InChI is InChI=1S/C12H14Cl2N2O/c1-2-3-7-12(17)16-15-8-9-10(13)5-4-6-11(9)14/h4-6,8H,2-3,7H2,1H3,(H,16,17)/b15-8+. The van der Waals surface area contributed by atoms with Gasteiger partial charge in [-0.15, -0.1) is 0 Å². The minimum absolute atomic E-state index is 0.105. The number of nitrogens with zero attached hydrogens (tertiary/aromatic N) is 1. The lowest BCUT2D eigenvalue weighted by molar-refractivity contribution is -0.121. The smallest absolute Gasteiger partial charge is 0.240 e. The second kappa shape index (κ2) is 7.30. The number of benzene rings is 1. The van der Waals surface area contributed by atoms with E-state index < -0.39 is 0 Å². The van der Waals surface area contributed by atoms with Crippen molar-refractivity contribution in [3.63, 3.8) is 0 Å². The number of amides is 1. The molecule has 0 fully saturated rings. The van der Waals surface area contributed by atoms with Gasteiger partial charge >= 0.3 is 0 Å². The number of rotatable bonds is 5. The maximum atomic E-state index is 11.3. The topological polar surface area (TPSA) is 41.5 Å². The summed E-state index contributed by atoms with van der Waals surface area (Å²) in [4.78, 5) is 11.3. The summed E-state index contributed by atoms with van der Waals surface area (Å²) in [6.07, 6.45) is 3.76. The molecule has 0 aromatic heterocycles. The third-order valence-electron chi connectivity index (χ3n) is 2.14. The van der Waals surface area contributed by atoms with Gasteiger partial charge in [0.25, 0.3) is 0 Å². The zero-order valence-electron chi connectivity index (χ0n) is 9.54. The van der Waals surface area contributed by atoms with Crippen molar-refractivity contribution in [2.75, 3.05) is 0 Å². The maximum absolute atomic E-state index is 11.3. The van der Waals surface area contributed by atoms with Crippen molar-refractivity contribution in [1.29, 1.82) is 0 Å². The molecule has 0 aliphatic rings. The highest BCUT2D eigenvalue weighted by Crippen LogP contribution is 2.21. The van der Waals surface area contributed by atoms with E-state index >= 15 is 0 Å². The van der Waals surface area contributed by atoms with Crippen molar-refractivity contribution < 1.29 is 4.79 Å². The van der Waals surface area contributed by atoms with Crippen LogP contribution in [-0.4, -0.2) is 12.1 Å². The molecule has 1 aromatic rings. The first-order valence-corrected chi connectivity index (χ1v) is 6.16.